The lowest BCUT2D eigenvalue weighted by Gasteiger charge is -2.32. The maximum Gasteiger partial charge on any atom is 0.496 e. The van der Waals surface area contributed by atoms with Crippen LogP contribution in [0.3, 0.4) is 0 Å². The number of rotatable bonds is 4. The number of anilines is 1. The fourth-order valence-corrected chi connectivity index (χ4v) is 2.73. The van der Waals surface area contributed by atoms with Gasteiger partial charge in [-0.2, -0.15) is 0 Å². The molecule has 2 N–H and O–H groups in total. The lowest BCUT2D eigenvalue weighted by Crippen LogP contribution is -2.41. The Hall–Kier alpha value is -2.12. The Morgan fingerprint density at radius 1 is 1.15 bits per heavy atom. The van der Waals surface area contributed by atoms with Crippen LogP contribution in [0.25, 0.3) is 0 Å². The van der Waals surface area contributed by atoms with Crippen LogP contribution in [0, 0.1) is 5.82 Å². The second-order valence-electron chi connectivity index (χ2n) is 7.52. The Labute approximate surface area is 153 Å². The summed E-state index contributed by atoms with van der Waals surface area (Å²) < 4.78 is 31.9. The van der Waals surface area contributed by atoms with Crippen molar-refractivity contribution in [2.45, 2.75) is 51.9 Å². The van der Waals surface area contributed by atoms with Crippen LogP contribution < -0.4 is 15.9 Å². The smallest absolute Gasteiger partial charge is 0.482 e. The number of hydrogen-bond donors (Lipinski definition) is 1. The quantitative estimate of drug-likeness (QED) is 0.850. The topological polar surface area (TPSA) is 66.6 Å². The van der Waals surface area contributed by atoms with Gasteiger partial charge >= 0.3 is 7.12 Å². The number of halogens is 1. The third kappa shape index (κ3) is 3.41. The highest BCUT2D eigenvalue weighted by Gasteiger charge is 2.52. The first-order chi connectivity index (χ1) is 12.1. The van der Waals surface area contributed by atoms with E-state index in [0.29, 0.717) is 16.8 Å². The molecule has 7 heteroatoms. The second kappa shape index (κ2) is 6.56. The summed E-state index contributed by atoms with van der Waals surface area (Å²) in [4.78, 5) is 4.19. The van der Waals surface area contributed by atoms with Crippen LogP contribution in [-0.2, 0) is 9.31 Å². The van der Waals surface area contributed by atoms with Gasteiger partial charge in [-0.3, -0.25) is 0 Å². The molecule has 0 bridgehead atoms. The van der Waals surface area contributed by atoms with E-state index in [2.05, 4.69) is 4.98 Å². The Bertz CT molecular complexity index is 797. The van der Waals surface area contributed by atoms with Crippen molar-refractivity contribution in [1.29, 1.82) is 0 Å². The predicted octanol–water partition coefficient (Wildman–Crippen LogP) is 3.24. The van der Waals surface area contributed by atoms with E-state index < -0.39 is 24.4 Å². The highest BCUT2D eigenvalue weighted by molar-refractivity contribution is 6.62. The molecule has 1 aromatic heterocycles. The molecule has 1 aliphatic heterocycles. The number of nitrogen functional groups attached to an aromatic ring is 1. The lowest BCUT2D eigenvalue weighted by atomic mass is 9.80. The van der Waals surface area contributed by atoms with E-state index in [1.807, 2.05) is 27.7 Å². The van der Waals surface area contributed by atoms with E-state index in [-0.39, 0.29) is 11.6 Å². The number of benzene rings is 1. The minimum Gasteiger partial charge on any atom is -0.482 e. The summed E-state index contributed by atoms with van der Waals surface area (Å²) in [7, 11) is -0.570. The van der Waals surface area contributed by atoms with Crippen LogP contribution in [-0.4, -0.2) is 23.3 Å². The maximum atomic E-state index is 14.0. The highest BCUT2D eigenvalue weighted by atomic mass is 19.1. The van der Waals surface area contributed by atoms with Gasteiger partial charge in [-0.05, 0) is 46.8 Å². The summed E-state index contributed by atoms with van der Waals surface area (Å²) in [5, 5.41) is 0. The van der Waals surface area contributed by atoms with Crippen molar-refractivity contribution < 1.29 is 18.4 Å². The first-order valence-electron chi connectivity index (χ1n) is 8.63. The molecule has 0 amide bonds. The fraction of sp³-hybridized carbons (Fsp3) is 0.421. The molecule has 0 spiro atoms. The maximum absolute atomic E-state index is 14.0. The van der Waals surface area contributed by atoms with Gasteiger partial charge in [-0.25, -0.2) is 9.37 Å². The number of ether oxygens (including phenoxy) is 1. The second-order valence-corrected chi connectivity index (χ2v) is 7.52. The molecule has 1 aromatic carbocycles. The molecule has 1 fully saturated rings. The van der Waals surface area contributed by atoms with Gasteiger partial charge in [-0.1, -0.05) is 18.2 Å². The number of nitrogens with two attached hydrogens (primary N) is 1. The zero-order chi connectivity index (χ0) is 19.1. The van der Waals surface area contributed by atoms with Crippen LogP contribution >= 0.6 is 0 Å². The minimum atomic E-state index is -0.570. The summed E-state index contributed by atoms with van der Waals surface area (Å²) in [6.45, 7) is 9.69. The van der Waals surface area contributed by atoms with Gasteiger partial charge in [0.1, 0.15) is 11.9 Å². The molecule has 2 aromatic rings. The Balaban J connectivity index is 1.84. The SMILES string of the molecule is CC(Oc1cc(B2OC(C)(C)C(C)(C)O2)cnc1N)c1ccccc1F. The van der Waals surface area contributed by atoms with Crippen molar-refractivity contribution in [3.63, 3.8) is 0 Å². The van der Waals surface area contributed by atoms with Crippen LogP contribution in [0.2, 0.25) is 0 Å². The molecule has 0 radical (unpaired) electrons. The van der Waals surface area contributed by atoms with Crippen molar-refractivity contribution in [2.24, 2.45) is 0 Å². The Kier molecular flexibility index (Phi) is 4.71. The molecule has 1 atom stereocenters. The number of nitrogens with zero attached hydrogens (tertiary/aromatic N) is 1. The normalized spacial score (nSPS) is 19.4. The first kappa shape index (κ1) is 18.7. The first-order valence-corrected chi connectivity index (χ1v) is 8.63. The zero-order valence-corrected chi connectivity index (χ0v) is 15.7. The van der Waals surface area contributed by atoms with Crippen molar-refractivity contribution in [3.05, 3.63) is 47.9 Å². The highest BCUT2D eigenvalue weighted by Crippen LogP contribution is 2.37. The van der Waals surface area contributed by atoms with Crippen molar-refractivity contribution >= 4 is 18.4 Å². The average Bonchev–Trinajstić information content (AvgIpc) is 2.78. The largest absolute Gasteiger partial charge is 0.496 e. The summed E-state index contributed by atoms with van der Waals surface area (Å²) in [5.74, 6) is 0.273. The van der Waals surface area contributed by atoms with Gasteiger partial charge in [0.2, 0.25) is 0 Å². The summed E-state index contributed by atoms with van der Waals surface area (Å²) in [6.07, 6.45) is 1.09. The van der Waals surface area contributed by atoms with Gasteiger partial charge < -0.3 is 19.8 Å². The Morgan fingerprint density at radius 3 is 2.38 bits per heavy atom. The molecule has 1 saturated heterocycles. The minimum absolute atomic E-state index is 0.230. The van der Waals surface area contributed by atoms with E-state index in [0.717, 1.165) is 0 Å². The molecule has 1 unspecified atom stereocenters. The third-order valence-electron chi connectivity index (χ3n) is 5.08. The third-order valence-corrected chi connectivity index (χ3v) is 5.08. The van der Waals surface area contributed by atoms with Crippen LogP contribution in [0.5, 0.6) is 5.75 Å². The van der Waals surface area contributed by atoms with E-state index >= 15 is 0 Å². The van der Waals surface area contributed by atoms with E-state index in [9.17, 15) is 4.39 Å². The van der Waals surface area contributed by atoms with Crippen molar-refractivity contribution in [1.82, 2.24) is 4.98 Å². The zero-order valence-electron chi connectivity index (χ0n) is 15.7. The van der Waals surface area contributed by atoms with Gasteiger partial charge in [-0.15, -0.1) is 0 Å². The van der Waals surface area contributed by atoms with Crippen LogP contribution in [0.15, 0.2) is 36.5 Å². The van der Waals surface area contributed by atoms with Crippen LogP contribution in [0.1, 0.15) is 46.3 Å². The summed E-state index contributed by atoms with van der Waals surface area (Å²) in [6, 6.07) is 8.22. The number of hydrogen-bond acceptors (Lipinski definition) is 5. The standard InChI is InChI=1S/C19H24BFN2O3/c1-12(14-8-6-7-9-15(14)21)24-16-10-13(11-23-17(16)22)20-25-18(2,3)19(4,5)26-20/h6-12H,1-5H3,(H2,22,23). The van der Waals surface area contributed by atoms with E-state index in [4.69, 9.17) is 19.8 Å². The molecule has 0 aliphatic carbocycles. The van der Waals surface area contributed by atoms with Gasteiger partial charge in [0.25, 0.3) is 0 Å². The Morgan fingerprint density at radius 2 is 1.77 bits per heavy atom. The van der Waals surface area contributed by atoms with Gasteiger partial charge in [0, 0.05) is 17.2 Å². The predicted molar refractivity (Wildman–Crippen MR) is 99.8 cm³/mol. The molecule has 26 heavy (non-hydrogen) atoms. The van der Waals surface area contributed by atoms with Crippen molar-refractivity contribution in [3.8, 4) is 5.75 Å². The number of aromatic nitrogens is 1. The molecular weight excluding hydrogens is 334 g/mol. The summed E-state index contributed by atoms with van der Waals surface area (Å²) in [5.41, 5.74) is 6.19. The van der Waals surface area contributed by atoms with Gasteiger partial charge in [0.15, 0.2) is 11.6 Å². The molecular formula is C19H24BFN2O3. The van der Waals surface area contributed by atoms with E-state index in [1.54, 1.807) is 37.4 Å². The fourth-order valence-electron chi connectivity index (χ4n) is 2.73. The average molecular weight is 358 g/mol. The van der Waals surface area contributed by atoms with Crippen molar-refractivity contribution in [2.75, 3.05) is 5.73 Å². The van der Waals surface area contributed by atoms with E-state index in [1.165, 1.54) is 6.07 Å². The lowest BCUT2D eigenvalue weighted by molar-refractivity contribution is 0.00578. The molecule has 1 aliphatic rings. The summed E-state index contributed by atoms with van der Waals surface area (Å²) >= 11 is 0. The monoisotopic (exact) mass is 358 g/mol. The molecule has 0 saturated carbocycles. The molecule has 5 nitrogen and oxygen atoms in total. The van der Waals surface area contributed by atoms with Gasteiger partial charge in [0.05, 0.1) is 11.2 Å². The van der Waals surface area contributed by atoms with Crippen LogP contribution in [0.4, 0.5) is 10.2 Å². The molecule has 2 heterocycles. The molecule has 3 rings (SSSR count). The number of pyridine rings is 1. The molecule has 138 valence electrons.